The molecule has 0 radical (unpaired) electrons. The number of nitrogen functional groups attached to an aromatic ring is 1. The molecule has 0 saturated carbocycles. The summed E-state index contributed by atoms with van der Waals surface area (Å²) in [5, 5.41) is 8.80. The lowest BCUT2D eigenvalue weighted by Gasteiger charge is -2.02. The largest absolute Gasteiger partial charge is 0.399 e. The van der Waals surface area contributed by atoms with Gasteiger partial charge < -0.3 is 5.73 Å². The maximum absolute atomic E-state index is 6.14. The van der Waals surface area contributed by atoms with Crippen LogP contribution in [-0.2, 0) is 0 Å². The smallest absolute Gasteiger partial charge is 0.169 e. The SMILES string of the molecule is Nc1ccc(-c2nnc3cccc(Cl)n23)cc1. The van der Waals surface area contributed by atoms with Gasteiger partial charge in [0.2, 0.25) is 0 Å². The highest BCUT2D eigenvalue weighted by Gasteiger charge is 2.09. The summed E-state index contributed by atoms with van der Waals surface area (Å²) in [7, 11) is 0. The van der Waals surface area contributed by atoms with E-state index in [1.54, 1.807) is 10.5 Å². The van der Waals surface area contributed by atoms with Crippen molar-refractivity contribution in [1.82, 2.24) is 14.6 Å². The molecule has 0 aliphatic carbocycles. The van der Waals surface area contributed by atoms with Crippen molar-refractivity contribution in [1.29, 1.82) is 0 Å². The van der Waals surface area contributed by atoms with Crippen molar-refractivity contribution in [3.8, 4) is 11.4 Å². The molecule has 0 spiro atoms. The van der Waals surface area contributed by atoms with E-state index >= 15 is 0 Å². The molecular formula is C12H9ClN4. The number of nitrogens with two attached hydrogens (primary N) is 1. The molecule has 1 aromatic carbocycles. The molecule has 3 aromatic rings. The lowest BCUT2D eigenvalue weighted by Crippen LogP contribution is -1.91. The molecule has 0 unspecified atom stereocenters. The van der Waals surface area contributed by atoms with E-state index in [9.17, 15) is 0 Å². The van der Waals surface area contributed by atoms with Crippen molar-refractivity contribution in [2.24, 2.45) is 0 Å². The molecular weight excluding hydrogens is 236 g/mol. The Labute approximate surface area is 103 Å². The van der Waals surface area contributed by atoms with Gasteiger partial charge in [-0.15, -0.1) is 10.2 Å². The molecule has 0 aliphatic heterocycles. The Morgan fingerprint density at radius 3 is 2.53 bits per heavy atom. The predicted octanol–water partition coefficient (Wildman–Crippen LogP) is 2.63. The predicted molar refractivity (Wildman–Crippen MR) is 67.8 cm³/mol. The molecule has 0 amide bonds. The first-order valence-electron chi connectivity index (χ1n) is 5.11. The number of nitrogens with zero attached hydrogens (tertiary/aromatic N) is 3. The number of anilines is 1. The second-order valence-electron chi connectivity index (χ2n) is 3.69. The van der Waals surface area contributed by atoms with Crippen molar-refractivity contribution < 1.29 is 0 Å². The standard InChI is InChI=1S/C12H9ClN4/c13-10-2-1-3-11-15-16-12(17(10)11)8-4-6-9(14)7-5-8/h1-7H,14H2. The minimum Gasteiger partial charge on any atom is -0.399 e. The number of aromatic nitrogens is 3. The van der Waals surface area contributed by atoms with Gasteiger partial charge in [0.05, 0.1) is 0 Å². The highest BCUT2D eigenvalue weighted by molar-refractivity contribution is 6.29. The molecule has 0 bridgehead atoms. The molecule has 2 N–H and O–H groups in total. The first kappa shape index (κ1) is 10.1. The van der Waals surface area contributed by atoms with Crippen LogP contribution in [0.3, 0.4) is 0 Å². The Morgan fingerprint density at radius 2 is 1.76 bits per heavy atom. The summed E-state index contributed by atoms with van der Waals surface area (Å²) in [5.74, 6) is 0.714. The quantitative estimate of drug-likeness (QED) is 0.529. The molecule has 17 heavy (non-hydrogen) atoms. The van der Waals surface area contributed by atoms with Gasteiger partial charge in [-0.2, -0.15) is 0 Å². The maximum Gasteiger partial charge on any atom is 0.169 e. The summed E-state index contributed by atoms with van der Waals surface area (Å²) in [4.78, 5) is 0. The molecule has 2 heterocycles. The minimum atomic E-state index is 0.583. The Morgan fingerprint density at radius 1 is 1.00 bits per heavy atom. The van der Waals surface area contributed by atoms with Crippen molar-refractivity contribution in [3.05, 3.63) is 47.6 Å². The number of hydrogen-bond donors (Lipinski definition) is 1. The van der Waals surface area contributed by atoms with Crippen LogP contribution in [-0.4, -0.2) is 14.6 Å². The Kier molecular flexibility index (Phi) is 2.23. The van der Waals surface area contributed by atoms with Crippen molar-refractivity contribution >= 4 is 22.9 Å². The minimum absolute atomic E-state index is 0.583. The Bertz CT molecular complexity index is 673. The third-order valence-electron chi connectivity index (χ3n) is 2.55. The van der Waals surface area contributed by atoms with Crippen molar-refractivity contribution in [2.45, 2.75) is 0 Å². The maximum atomic E-state index is 6.14. The molecule has 84 valence electrons. The van der Waals surface area contributed by atoms with Gasteiger partial charge >= 0.3 is 0 Å². The van der Waals surface area contributed by atoms with Crippen LogP contribution in [0.4, 0.5) is 5.69 Å². The van der Waals surface area contributed by atoms with E-state index in [4.69, 9.17) is 17.3 Å². The van der Waals surface area contributed by atoms with Crippen LogP contribution in [0.2, 0.25) is 5.15 Å². The fraction of sp³-hybridized carbons (Fsp3) is 0. The number of rotatable bonds is 1. The highest BCUT2D eigenvalue weighted by atomic mass is 35.5. The van der Waals surface area contributed by atoms with Crippen LogP contribution < -0.4 is 5.73 Å². The lowest BCUT2D eigenvalue weighted by atomic mass is 10.2. The number of hydrogen-bond acceptors (Lipinski definition) is 3. The zero-order valence-corrected chi connectivity index (χ0v) is 9.59. The van der Waals surface area contributed by atoms with Crippen LogP contribution in [0.25, 0.3) is 17.0 Å². The zero-order valence-electron chi connectivity index (χ0n) is 8.84. The van der Waals surface area contributed by atoms with Crippen molar-refractivity contribution in [3.63, 3.8) is 0 Å². The van der Waals surface area contributed by atoms with Gasteiger partial charge in [-0.25, -0.2) is 0 Å². The Balaban J connectivity index is 2.27. The molecule has 0 aliphatic rings. The van der Waals surface area contributed by atoms with Gasteiger partial charge in [-0.1, -0.05) is 17.7 Å². The van der Waals surface area contributed by atoms with Crippen LogP contribution in [0.1, 0.15) is 0 Å². The second-order valence-corrected chi connectivity index (χ2v) is 4.07. The molecule has 0 saturated heterocycles. The topological polar surface area (TPSA) is 56.2 Å². The van der Waals surface area contributed by atoms with E-state index in [0.29, 0.717) is 16.7 Å². The molecule has 0 atom stereocenters. The van der Waals surface area contributed by atoms with Crippen LogP contribution in [0.5, 0.6) is 0 Å². The van der Waals surface area contributed by atoms with E-state index in [2.05, 4.69) is 10.2 Å². The number of benzene rings is 1. The van der Waals surface area contributed by atoms with Gasteiger partial charge in [0.25, 0.3) is 0 Å². The summed E-state index contributed by atoms with van der Waals surface area (Å²) >= 11 is 6.14. The van der Waals surface area contributed by atoms with E-state index in [-0.39, 0.29) is 0 Å². The third kappa shape index (κ3) is 1.62. The van der Waals surface area contributed by atoms with E-state index in [1.807, 2.05) is 36.4 Å². The highest BCUT2D eigenvalue weighted by Crippen LogP contribution is 2.22. The number of pyridine rings is 1. The van der Waals surface area contributed by atoms with Gasteiger partial charge in [-0.3, -0.25) is 4.40 Å². The van der Waals surface area contributed by atoms with Gasteiger partial charge in [-0.05, 0) is 36.4 Å². The summed E-state index contributed by atoms with van der Waals surface area (Å²) < 4.78 is 1.80. The fourth-order valence-corrected chi connectivity index (χ4v) is 1.96. The van der Waals surface area contributed by atoms with Gasteiger partial charge in [0.15, 0.2) is 11.5 Å². The fourth-order valence-electron chi connectivity index (χ4n) is 1.72. The third-order valence-corrected chi connectivity index (χ3v) is 2.84. The molecule has 0 fully saturated rings. The van der Waals surface area contributed by atoms with Crippen LogP contribution >= 0.6 is 11.6 Å². The van der Waals surface area contributed by atoms with Crippen molar-refractivity contribution in [2.75, 3.05) is 5.73 Å². The van der Waals surface area contributed by atoms with E-state index in [0.717, 1.165) is 11.2 Å². The number of fused-ring (bicyclic) bond motifs is 1. The summed E-state index contributed by atoms with van der Waals surface area (Å²) in [6.07, 6.45) is 0. The number of halogens is 1. The monoisotopic (exact) mass is 244 g/mol. The van der Waals surface area contributed by atoms with E-state index < -0.39 is 0 Å². The molecule has 2 aromatic heterocycles. The first-order chi connectivity index (χ1) is 8.25. The molecule has 5 heteroatoms. The van der Waals surface area contributed by atoms with E-state index in [1.165, 1.54) is 0 Å². The average molecular weight is 245 g/mol. The van der Waals surface area contributed by atoms with Crippen LogP contribution in [0.15, 0.2) is 42.5 Å². The molecule has 3 rings (SSSR count). The summed E-state index contributed by atoms with van der Waals surface area (Å²) in [6.45, 7) is 0. The molecule has 4 nitrogen and oxygen atoms in total. The average Bonchev–Trinajstić information content (AvgIpc) is 2.75. The Hall–Kier alpha value is -2.07. The van der Waals surface area contributed by atoms with Gasteiger partial charge in [0, 0.05) is 11.3 Å². The lowest BCUT2D eigenvalue weighted by molar-refractivity contribution is 1.11. The van der Waals surface area contributed by atoms with Gasteiger partial charge in [0.1, 0.15) is 5.15 Å². The summed E-state index contributed by atoms with van der Waals surface area (Å²) in [6, 6.07) is 13.0. The zero-order chi connectivity index (χ0) is 11.8. The van der Waals surface area contributed by atoms with Crippen LogP contribution in [0, 0.1) is 0 Å². The second kappa shape index (κ2) is 3.75. The summed E-state index contributed by atoms with van der Waals surface area (Å²) in [5.41, 5.74) is 8.03. The normalized spacial score (nSPS) is 10.9. The first-order valence-corrected chi connectivity index (χ1v) is 5.49.